The predicted octanol–water partition coefficient (Wildman–Crippen LogP) is -4.53. The minimum absolute atomic E-state index is 0.961. The molecule has 0 aromatic rings. The SMILES string of the molecule is CC(O)C(N)C(=O)NC(C(=O)NC(CC(=O)O)C(=O)NC(C(=O)O)C(C)O)C(C)O. The van der Waals surface area contributed by atoms with E-state index in [0.717, 1.165) is 13.8 Å². The number of carbonyl (C=O) groups excluding carboxylic acids is 3. The number of amides is 3. The summed E-state index contributed by atoms with van der Waals surface area (Å²) in [5, 5.41) is 52.5. The summed E-state index contributed by atoms with van der Waals surface area (Å²) >= 11 is 0. The van der Waals surface area contributed by atoms with E-state index in [2.05, 4.69) is 5.32 Å². The van der Waals surface area contributed by atoms with Gasteiger partial charge in [0.1, 0.15) is 18.1 Å². The van der Waals surface area contributed by atoms with Crippen molar-refractivity contribution in [3.63, 3.8) is 0 Å². The van der Waals surface area contributed by atoms with Crippen molar-refractivity contribution in [3.8, 4) is 0 Å². The molecule has 0 rings (SSSR count). The Morgan fingerprint density at radius 1 is 0.733 bits per heavy atom. The van der Waals surface area contributed by atoms with Gasteiger partial charge in [0.25, 0.3) is 0 Å². The van der Waals surface area contributed by atoms with E-state index >= 15 is 0 Å². The Bertz CT molecular complexity index is 652. The number of hydrogen-bond donors (Lipinski definition) is 9. The number of rotatable bonds is 12. The van der Waals surface area contributed by atoms with Crippen LogP contribution in [0.15, 0.2) is 0 Å². The van der Waals surface area contributed by atoms with Gasteiger partial charge in [-0.15, -0.1) is 0 Å². The lowest BCUT2D eigenvalue weighted by Gasteiger charge is -2.26. The van der Waals surface area contributed by atoms with Gasteiger partial charge >= 0.3 is 11.9 Å². The first-order chi connectivity index (χ1) is 13.7. The molecule has 7 unspecified atom stereocenters. The summed E-state index contributed by atoms with van der Waals surface area (Å²) in [6.45, 7) is 3.42. The molecule has 30 heavy (non-hydrogen) atoms. The molecule has 0 radical (unpaired) electrons. The molecule has 0 saturated heterocycles. The summed E-state index contributed by atoms with van der Waals surface area (Å²) in [6, 6.07) is -6.67. The molecular formula is C16H28N4O10. The maximum absolute atomic E-state index is 12.4. The van der Waals surface area contributed by atoms with Crippen LogP contribution in [0.25, 0.3) is 0 Å². The van der Waals surface area contributed by atoms with Gasteiger partial charge in [-0.1, -0.05) is 0 Å². The van der Waals surface area contributed by atoms with Gasteiger partial charge in [-0.2, -0.15) is 0 Å². The normalized spacial score (nSPS) is 18.0. The van der Waals surface area contributed by atoms with Crippen LogP contribution in [-0.4, -0.2) is 97.7 Å². The molecule has 0 aliphatic heterocycles. The Morgan fingerprint density at radius 2 is 1.20 bits per heavy atom. The molecular weight excluding hydrogens is 408 g/mol. The van der Waals surface area contributed by atoms with Gasteiger partial charge in [0.2, 0.25) is 17.7 Å². The average Bonchev–Trinajstić information content (AvgIpc) is 2.60. The second-order valence-corrected chi connectivity index (χ2v) is 6.72. The number of aliphatic hydroxyl groups is 3. The summed E-state index contributed by atoms with van der Waals surface area (Å²) in [6.07, 6.45) is -5.27. The van der Waals surface area contributed by atoms with E-state index in [1.165, 1.54) is 6.92 Å². The second-order valence-electron chi connectivity index (χ2n) is 6.72. The summed E-state index contributed by atoms with van der Waals surface area (Å²) in [5.41, 5.74) is 5.44. The van der Waals surface area contributed by atoms with E-state index in [9.17, 15) is 39.3 Å². The molecule has 0 aliphatic rings. The molecule has 7 atom stereocenters. The molecule has 0 fully saturated rings. The quantitative estimate of drug-likeness (QED) is 0.141. The van der Waals surface area contributed by atoms with Gasteiger partial charge in [0.15, 0.2) is 6.04 Å². The third-order valence-electron chi connectivity index (χ3n) is 3.94. The van der Waals surface area contributed by atoms with Crippen LogP contribution in [0.1, 0.15) is 27.2 Å². The summed E-state index contributed by atoms with van der Waals surface area (Å²) in [4.78, 5) is 58.8. The Kier molecular flexibility index (Phi) is 10.9. The molecule has 0 aromatic carbocycles. The number of carboxylic acid groups (broad SMARTS) is 2. The standard InChI is InChI=1S/C16H28N4O10/c1-5(21)10(17)14(27)19-11(6(2)22)15(28)18-8(4-9(24)25)13(26)20-12(7(3)23)16(29)30/h5-8,10-12,21-23H,4,17H2,1-3H3,(H,18,28)(H,19,27)(H,20,26)(H,24,25)(H,29,30). The summed E-state index contributed by atoms with van der Waals surface area (Å²) in [7, 11) is 0. The third kappa shape index (κ3) is 8.69. The number of carboxylic acids is 2. The number of nitrogens with two attached hydrogens (primary N) is 1. The molecule has 172 valence electrons. The molecule has 0 aromatic heterocycles. The van der Waals surface area contributed by atoms with Crippen LogP contribution in [-0.2, 0) is 24.0 Å². The zero-order chi connectivity index (χ0) is 23.8. The first kappa shape index (κ1) is 27.2. The molecule has 3 amide bonds. The van der Waals surface area contributed by atoms with Gasteiger partial charge in [-0.3, -0.25) is 19.2 Å². The van der Waals surface area contributed by atoms with Crippen LogP contribution in [0.5, 0.6) is 0 Å². The zero-order valence-electron chi connectivity index (χ0n) is 16.6. The molecule has 0 heterocycles. The minimum Gasteiger partial charge on any atom is -0.481 e. The molecule has 10 N–H and O–H groups in total. The van der Waals surface area contributed by atoms with Crippen LogP contribution >= 0.6 is 0 Å². The Labute approximate surface area is 171 Å². The summed E-state index contributed by atoms with van der Waals surface area (Å²) < 4.78 is 0. The molecule has 0 saturated carbocycles. The molecule has 0 spiro atoms. The third-order valence-corrected chi connectivity index (χ3v) is 3.94. The predicted molar refractivity (Wildman–Crippen MR) is 98.7 cm³/mol. The van der Waals surface area contributed by atoms with Crippen LogP contribution in [0, 0.1) is 0 Å². The zero-order valence-corrected chi connectivity index (χ0v) is 16.6. The lowest BCUT2D eigenvalue weighted by molar-refractivity contribution is -0.146. The molecule has 0 bridgehead atoms. The van der Waals surface area contributed by atoms with E-state index in [-0.39, 0.29) is 0 Å². The van der Waals surface area contributed by atoms with Crippen molar-refractivity contribution < 1.29 is 49.5 Å². The van der Waals surface area contributed by atoms with E-state index in [0.29, 0.717) is 0 Å². The second kappa shape index (κ2) is 12.0. The fourth-order valence-electron chi connectivity index (χ4n) is 2.16. The smallest absolute Gasteiger partial charge is 0.328 e. The van der Waals surface area contributed by atoms with E-state index in [1.54, 1.807) is 0 Å². The van der Waals surface area contributed by atoms with E-state index < -0.39 is 78.6 Å². The maximum atomic E-state index is 12.4. The fourth-order valence-corrected chi connectivity index (χ4v) is 2.16. The molecule has 14 heteroatoms. The van der Waals surface area contributed by atoms with Crippen LogP contribution in [0.3, 0.4) is 0 Å². The first-order valence-electron chi connectivity index (χ1n) is 8.84. The van der Waals surface area contributed by atoms with Crippen molar-refractivity contribution in [2.45, 2.75) is 69.7 Å². The summed E-state index contributed by atoms with van der Waals surface area (Å²) in [5.74, 6) is -6.50. The Morgan fingerprint density at radius 3 is 1.57 bits per heavy atom. The monoisotopic (exact) mass is 436 g/mol. The maximum Gasteiger partial charge on any atom is 0.328 e. The van der Waals surface area contributed by atoms with Crippen LogP contribution < -0.4 is 21.7 Å². The Hall–Kier alpha value is -2.81. The lowest BCUT2D eigenvalue weighted by atomic mass is 10.1. The van der Waals surface area contributed by atoms with Gasteiger partial charge in [0.05, 0.1) is 24.7 Å². The van der Waals surface area contributed by atoms with Crippen LogP contribution in [0.4, 0.5) is 0 Å². The van der Waals surface area contributed by atoms with Gasteiger partial charge in [-0.25, -0.2) is 4.79 Å². The van der Waals surface area contributed by atoms with E-state index in [4.69, 9.17) is 15.9 Å². The van der Waals surface area contributed by atoms with E-state index in [1.807, 2.05) is 10.6 Å². The average molecular weight is 436 g/mol. The van der Waals surface area contributed by atoms with Crippen LogP contribution in [0.2, 0.25) is 0 Å². The van der Waals surface area contributed by atoms with Crippen molar-refractivity contribution in [1.82, 2.24) is 16.0 Å². The highest BCUT2D eigenvalue weighted by Crippen LogP contribution is 2.02. The lowest BCUT2D eigenvalue weighted by Crippen LogP contribution is -2.61. The molecule has 0 aliphatic carbocycles. The topological polar surface area (TPSA) is 249 Å². The van der Waals surface area contributed by atoms with Crippen molar-refractivity contribution in [2.24, 2.45) is 5.73 Å². The Balaban J connectivity index is 5.47. The van der Waals surface area contributed by atoms with Crippen molar-refractivity contribution >= 4 is 29.7 Å². The number of aliphatic hydroxyl groups excluding tert-OH is 3. The number of carbonyl (C=O) groups is 5. The first-order valence-corrected chi connectivity index (χ1v) is 8.84. The molecule has 14 nitrogen and oxygen atoms in total. The van der Waals surface area contributed by atoms with Crippen molar-refractivity contribution in [1.29, 1.82) is 0 Å². The number of hydrogen-bond acceptors (Lipinski definition) is 9. The highest BCUT2D eigenvalue weighted by atomic mass is 16.4. The highest BCUT2D eigenvalue weighted by molar-refractivity contribution is 5.96. The minimum atomic E-state index is -1.79. The number of aliphatic carboxylic acids is 2. The highest BCUT2D eigenvalue weighted by Gasteiger charge is 2.34. The van der Waals surface area contributed by atoms with Gasteiger partial charge in [-0.05, 0) is 20.8 Å². The fraction of sp³-hybridized carbons (Fsp3) is 0.688. The van der Waals surface area contributed by atoms with Gasteiger partial charge in [0, 0.05) is 0 Å². The van der Waals surface area contributed by atoms with Crippen molar-refractivity contribution in [2.75, 3.05) is 0 Å². The largest absolute Gasteiger partial charge is 0.481 e. The van der Waals surface area contributed by atoms with Gasteiger partial charge < -0.3 is 47.2 Å². The number of nitrogens with one attached hydrogen (secondary N) is 3. The van der Waals surface area contributed by atoms with Crippen molar-refractivity contribution in [3.05, 3.63) is 0 Å².